The summed E-state index contributed by atoms with van der Waals surface area (Å²) < 4.78 is 27.7. The second kappa shape index (κ2) is 7.40. The van der Waals surface area contributed by atoms with Gasteiger partial charge in [0.25, 0.3) is 0 Å². The average molecular weight is 320 g/mol. The number of hydrogen-bond acceptors (Lipinski definition) is 3. The van der Waals surface area contributed by atoms with Crippen LogP contribution in [0.25, 0.3) is 0 Å². The SMILES string of the molecule is CCC(C)n1nccc1CNc1cn(C(F)F)nc1C.Cl. The molecule has 8 heteroatoms. The summed E-state index contributed by atoms with van der Waals surface area (Å²) in [5, 5.41) is 11.2. The van der Waals surface area contributed by atoms with E-state index >= 15 is 0 Å². The molecule has 2 rings (SSSR count). The van der Waals surface area contributed by atoms with Crippen LogP contribution in [-0.4, -0.2) is 19.6 Å². The van der Waals surface area contributed by atoms with Crippen molar-refractivity contribution in [3.8, 4) is 0 Å². The van der Waals surface area contributed by atoms with Gasteiger partial charge in [-0.05, 0) is 26.3 Å². The molecule has 0 aliphatic rings. The average Bonchev–Trinajstić information content (AvgIpc) is 3.02. The summed E-state index contributed by atoms with van der Waals surface area (Å²) in [6.45, 7) is 3.81. The molecule has 0 aromatic carbocycles. The Morgan fingerprint density at radius 1 is 1.38 bits per heavy atom. The van der Waals surface area contributed by atoms with Gasteiger partial charge in [0.15, 0.2) is 0 Å². The Kier molecular flexibility index (Phi) is 6.14. The van der Waals surface area contributed by atoms with Crippen molar-refractivity contribution >= 4 is 18.1 Å². The lowest BCUT2D eigenvalue weighted by Crippen LogP contribution is -2.12. The third-order valence-electron chi connectivity index (χ3n) is 3.34. The van der Waals surface area contributed by atoms with Crippen LogP contribution in [0, 0.1) is 6.92 Å². The van der Waals surface area contributed by atoms with Crippen LogP contribution in [0.1, 0.15) is 44.2 Å². The number of alkyl halides is 2. The Bertz CT molecular complexity index is 567. The van der Waals surface area contributed by atoms with Crippen LogP contribution in [-0.2, 0) is 6.54 Å². The first-order valence-electron chi connectivity index (χ1n) is 6.63. The van der Waals surface area contributed by atoms with E-state index in [1.165, 1.54) is 6.20 Å². The topological polar surface area (TPSA) is 47.7 Å². The number of aryl methyl sites for hydroxylation is 1. The van der Waals surface area contributed by atoms with Crippen LogP contribution < -0.4 is 5.32 Å². The van der Waals surface area contributed by atoms with Gasteiger partial charge in [-0.3, -0.25) is 4.68 Å². The highest BCUT2D eigenvalue weighted by atomic mass is 35.5. The van der Waals surface area contributed by atoms with Crippen molar-refractivity contribution in [1.29, 1.82) is 0 Å². The molecule has 2 heterocycles. The molecular formula is C13H20ClF2N5. The first kappa shape index (κ1) is 17.4. The summed E-state index contributed by atoms with van der Waals surface area (Å²) in [4.78, 5) is 0. The number of anilines is 1. The van der Waals surface area contributed by atoms with Gasteiger partial charge in [0.1, 0.15) is 0 Å². The summed E-state index contributed by atoms with van der Waals surface area (Å²) in [6.07, 6.45) is 4.06. The molecule has 2 aromatic rings. The maximum atomic E-state index is 12.5. The van der Waals surface area contributed by atoms with E-state index in [4.69, 9.17) is 0 Å². The van der Waals surface area contributed by atoms with E-state index in [1.54, 1.807) is 13.1 Å². The lowest BCUT2D eigenvalue weighted by molar-refractivity contribution is 0.0563. The van der Waals surface area contributed by atoms with Crippen LogP contribution in [0.2, 0.25) is 0 Å². The van der Waals surface area contributed by atoms with Crippen molar-refractivity contribution in [2.45, 2.75) is 46.3 Å². The Morgan fingerprint density at radius 3 is 2.67 bits per heavy atom. The maximum absolute atomic E-state index is 12.5. The van der Waals surface area contributed by atoms with Gasteiger partial charge in [-0.2, -0.15) is 19.0 Å². The minimum absolute atomic E-state index is 0. The highest BCUT2D eigenvalue weighted by Crippen LogP contribution is 2.19. The summed E-state index contributed by atoms with van der Waals surface area (Å²) in [6, 6.07) is 2.23. The van der Waals surface area contributed by atoms with Gasteiger partial charge in [-0.1, -0.05) is 6.92 Å². The fourth-order valence-electron chi connectivity index (χ4n) is 1.99. The first-order chi connectivity index (χ1) is 9.52. The highest BCUT2D eigenvalue weighted by Gasteiger charge is 2.12. The Balaban J connectivity index is 0.00000220. The number of aromatic nitrogens is 4. The lowest BCUT2D eigenvalue weighted by Gasteiger charge is -2.14. The molecule has 0 aliphatic carbocycles. The third-order valence-corrected chi connectivity index (χ3v) is 3.34. The predicted molar refractivity (Wildman–Crippen MR) is 80.0 cm³/mol. The van der Waals surface area contributed by atoms with Crippen LogP contribution in [0.5, 0.6) is 0 Å². The monoisotopic (exact) mass is 319 g/mol. The largest absolute Gasteiger partial charge is 0.377 e. The van der Waals surface area contributed by atoms with Gasteiger partial charge in [0.2, 0.25) is 0 Å². The molecule has 0 amide bonds. The van der Waals surface area contributed by atoms with Crippen molar-refractivity contribution in [1.82, 2.24) is 19.6 Å². The lowest BCUT2D eigenvalue weighted by atomic mass is 10.2. The Hall–Kier alpha value is -1.63. The summed E-state index contributed by atoms with van der Waals surface area (Å²) in [5.74, 6) is 0. The zero-order chi connectivity index (χ0) is 14.7. The second-order valence-corrected chi connectivity index (χ2v) is 4.76. The van der Waals surface area contributed by atoms with E-state index < -0.39 is 6.55 Å². The molecule has 1 N–H and O–H groups in total. The van der Waals surface area contributed by atoms with E-state index in [9.17, 15) is 8.78 Å². The number of hydrogen-bond donors (Lipinski definition) is 1. The quantitative estimate of drug-likeness (QED) is 0.881. The molecule has 1 atom stereocenters. The molecule has 5 nitrogen and oxygen atoms in total. The van der Waals surface area contributed by atoms with Crippen LogP contribution >= 0.6 is 12.4 Å². The second-order valence-electron chi connectivity index (χ2n) is 4.76. The van der Waals surface area contributed by atoms with Crippen molar-refractivity contribution in [3.63, 3.8) is 0 Å². The smallest absolute Gasteiger partial charge is 0.333 e. The van der Waals surface area contributed by atoms with Gasteiger partial charge < -0.3 is 5.32 Å². The molecule has 0 aliphatic heterocycles. The summed E-state index contributed by atoms with van der Waals surface area (Å²) in [5.41, 5.74) is 2.19. The molecule has 0 radical (unpaired) electrons. The molecule has 0 bridgehead atoms. The number of nitrogens with zero attached hydrogens (tertiary/aromatic N) is 4. The van der Waals surface area contributed by atoms with E-state index in [1.807, 2.05) is 10.7 Å². The molecule has 0 saturated heterocycles. The van der Waals surface area contributed by atoms with Crippen LogP contribution in [0.4, 0.5) is 14.5 Å². The normalized spacial score (nSPS) is 12.3. The Morgan fingerprint density at radius 2 is 2.10 bits per heavy atom. The van der Waals surface area contributed by atoms with E-state index in [2.05, 4.69) is 29.4 Å². The van der Waals surface area contributed by atoms with E-state index in [-0.39, 0.29) is 12.4 Å². The fraction of sp³-hybridized carbons (Fsp3) is 0.538. The van der Waals surface area contributed by atoms with Crippen LogP contribution in [0.15, 0.2) is 18.5 Å². The molecule has 0 fully saturated rings. The standard InChI is InChI=1S/C13H19F2N5.ClH/c1-4-9(2)20-11(5-6-17-20)7-16-12-8-19(13(14)15)18-10(12)3;/h5-6,8-9,13,16H,4,7H2,1-3H3;1H. The number of nitrogens with one attached hydrogen (secondary N) is 1. The molecule has 118 valence electrons. The summed E-state index contributed by atoms with van der Waals surface area (Å²) >= 11 is 0. The number of rotatable bonds is 6. The molecule has 0 spiro atoms. The predicted octanol–water partition coefficient (Wildman–Crippen LogP) is 3.79. The number of halogens is 3. The fourth-order valence-corrected chi connectivity index (χ4v) is 1.99. The van der Waals surface area contributed by atoms with Gasteiger partial charge in [-0.15, -0.1) is 12.4 Å². The minimum Gasteiger partial charge on any atom is -0.377 e. The van der Waals surface area contributed by atoms with Gasteiger partial charge in [0, 0.05) is 12.2 Å². The maximum Gasteiger partial charge on any atom is 0.333 e. The van der Waals surface area contributed by atoms with Crippen LogP contribution in [0.3, 0.4) is 0 Å². The summed E-state index contributed by atoms with van der Waals surface area (Å²) in [7, 11) is 0. The molecule has 21 heavy (non-hydrogen) atoms. The van der Waals surface area contributed by atoms with Gasteiger partial charge >= 0.3 is 6.55 Å². The zero-order valence-corrected chi connectivity index (χ0v) is 13.1. The minimum atomic E-state index is -2.62. The van der Waals surface area contributed by atoms with Crippen molar-refractivity contribution in [3.05, 3.63) is 29.8 Å². The zero-order valence-electron chi connectivity index (χ0n) is 12.3. The van der Waals surface area contributed by atoms with Crippen molar-refractivity contribution in [2.24, 2.45) is 0 Å². The molecular weight excluding hydrogens is 300 g/mol. The molecule has 0 saturated carbocycles. The first-order valence-corrected chi connectivity index (χ1v) is 6.63. The molecule has 1 unspecified atom stereocenters. The van der Waals surface area contributed by atoms with Crippen molar-refractivity contribution in [2.75, 3.05) is 5.32 Å². The van der Waals surface area contributed by atoms with Crippen molar-refractivity contribution < 1.29 is 8.78 Å². The third kappa shape index (κ3) is 3.93. The molecule has 2 aromatic heterocycles. The van der Waals surface area contributed by atoms with Gasteiger partial charge in [-0.25, -0.2) is 4.68 Å². The van der Waals surface area contributed by atoms with E-state index in [0.29, 0.717) is 28.6 Å². The van der Waals surface area contributed by atoms with E-state index in [0.717, 1.165) is 12.1 Å². The Labute approximate surface area is 128 Å². The highest BCUT2D eigenvalue weighted by molar-refractivity contribution is 5.85. The van der Waals surface area contributed by atoms with Gasteiger partial charge in [0.05, 0.1) is 29.8 Å².